The van der Waals surface area contributed by atoms with Crippen LogP contribution in [-0.2, 0) is 6.54 Å². The van der Waals surface area contributed by atoms with Crippen LogP contribution in [0.5, 0.6) is 5.75 Å². The third-order valence-corrected chi connectivity index (χ3v) is 3.33. The van der Waals surface area contributed by atoms with E-state index < -0.39 is 0 Å². The summed E-state index contributed by atoms with van der Waals surface area (Å²) < 4.78 is 7.99. The third-order valence-electron chi connectivity index (χ3n) is 3.33. The van der Waals surface area contributed by atoms with Crippen LogP contribution in [0.1, 0.15) is 24.4 Å². The van der Waals surface area contributed by atoms with Crippen LogP contribution in [0.25, 0.3) is 0 Å². The Bertz CT molecular complexity index is 522. The van der Waals surface area contributed by atoms with E-state index in [4.69, 9.17) is 4.74 Å². The van der Waals surface area contributed by atoms with Gasteiger partial charge >= 0.3 is 0 Å². The molecule has 0 aliphatic heterocycles. The molecule has 0 fully saturated rings. The summed E-state index contributed by atoms with van der Waals surface area (Å²) in [4.78, 5) is 4.20. The van der Waals surface area contributed by atoms with Gasteiger partial charge in [0.2, 0.25) is 0 Å². The van der Waals surface area contributed by atoms with Crippen molar-refractivity contribution >= 4 is 0 Å². The van der Waals surface area contributed by atoms with Gasteiger partial charge in [0.25, 0.3) is 0 Å². The van der Waals surface area contributed by atoms with E-state index in [-0.39, 0.29) is 6.04 Å². The van der Waals surface area contributed by atoms with Crippen molar-refractivity contribution < 1.29 is 4.74 Å². The molecule has 0 bridgehead atoms. The molecule has 4 heteroatoms. The number of aryl methyl sites for hydroxylation is 1. The molecule has 0 amide bonds. The molecule has 0 radical (unpaired) electrons. The molecule has 2 aromatic rings. The number of aromatic nitrogens is 2. The lowest BCUT2D eigenvalue weighted by Gasteiger charge is -2.16. The van der Waals surface area contributed by atoms with Gasteiger partial charge in [-0.3, -0.25) is 0 Å². The molecular formula is C15H21N3O. The minimum Gasteiger partial charge on any atom is -0.491 e. The van der Waals surface area contributed by atoms with Gasteiger partial charge in [0.05, 0.1) is 6.54 Å². The predicted octanol–water partition coefficient (Wildman–Crippen LogP) is 2.55. The Hall–Kier alpha value is -1.81. The topological polar surface area (TPSA) is 39.1 Å². The molecular weight excluding hydrogens is 238 g/mol. The molecule has 0 aliphatic rings. The molecule has 4 nitrogen and oxygen atoms in total. The van der Waals surface area contributed by atoms with Crippen molar-refractivity contribution in [1.29, 1.82) is 0 Å². The molecule has 1 N–H and O–H groups in total. The molecule has 1 aromatic heterocycles. The highest BCUT2D eigenvalue weighted by Gasteiger charge is 2.09. The molecule has 1 aromatic carbocycles. The van der Waals surface area contributed by atoms with Crippen molar-refractivity contribution in [1.82, 2.24) is 14.9 Å². The predicted molar refractivity (Wildman–Crippen MR) is 76.4 cm³/mol. The van der Waals surface area contributed by atoms with Gasteiger partial charge in [0, 0.05) is 24.0 Å². The lowest BCUT2D eigenvalue weighted by Crippen LogP contribution is -2.15. The zero-order chi connectivity index (χ0) is 13.7. The average Bonchev–Trinajstić information content (AvgIpc) is 2.84. The van der Waals surface area contributed by atoms with Crippen molar-refractivity contribution in [2.45, 2.75) is 26.4 Å². The fourth-order valence-electron chi connectivity index (χ4n) is 2.02. The van der Waals surface area contributed by atoms with Crippen molar-refractivity contribution in [2.75, 3.05) is 13.7 Å². The summed E-state index contributed by atoms with van der Waals surface area (Å²) in [6.45, 7) is 5.58. The lowest BCUT2D eigenvalue weighted by molar-refractivity contribution is 0.292. The highest BCUT2D eigenvalue weighted by molar-refractivity contribution is 5.35. The second kappa shape index (κ2) is 6.38. The first kappa shape index (κ1) is 13.6. The summed E-state index contributed by atoms with van der Waals surface area (Å²) >= 11 is 0. The quantitative estimate of drug-likeness (QED) is 0.866. The van der Waals surface area contributed by atoms with Gasteiger partial charge < -0.3 is 14.6 Å². The second-order valence-corrected chi connectivity index (χ2v) is 4.56. The molecule has 1 unspecified atom stereocenters. The number of nitrogens with zero attached hydrogens (tertiary/aromatic N) is 2. The fourth-order valence-corrected chi connectivity index (χ4v) is 2.02. The number of para-hydroxylation sites is 1. The number of nitrogens with one attached hydrogen (secondary N) is 1. The van der Waals surface area contributed by atoms with Crippen molar-refractivity contribution in [2.24, 2.45) is 0 Å². The first-order valence-corrected chi connectivity index (χ1v) is 6.59. The van der Waals surface area contributed by atoms with E-state index in [1.54, 1.807) is 0 Å². The summed E-state index contributed by atoms with van der Waals surface area (Å²) in [5.74, 6) is 1.96. The zero-order valence-electron chi connectivity index (χ0n) is 11.8. The van der Waals surface area contributed by atoms with Crippen LogP contribution in [0.15, 0.2) is 36.7 Å². The van der Waals surface area contributed by atoms with Crippen LogP contribution < -0.4 is 10.1 Å². The Balaban J connectivity index is 1.98. The van der Waals surface area contributed by atoms with E-state index in [2.05, 4.69) is 27.9 Å². The van der Waals surface area contributed by atoms with Crippen LogP contribution in [0.4, 0.5) is 0 Å². The summed E-state index contributed by atoms with van der Waals surface area (Å²) in [6.07, 6.45) is 3.78. The van der Waals surface area contributed by atoms with Gasteiger partial charge in [-0.25, -0.2) is 4.98 Å². The Kier molecular flexibility index (Phi) is 4.58. The van der Waals surface area contributed by atoms with Crippen LogP contribution in [0.3, 0.4) is 0 Å². The summed E-state index contributed by atoms with van der Waals surface area (Å²) in [7, 11) is 1.95. The molecule has 0 saturated heterocycles. The van der Waals surface area contributed by atoms with Crippen molar-refractivity contribution in [3.05, 3.63) is 48.0 Å². The maximum atomic E-state index is 5.90. The molecule has 1 atom stereocenters. The van der Waals surface area contributed by atoms with Gasteiger partial charge in [-0.15, -0.1) is 0 Å². The lowest BCUT2D eigenvalue weighted by atomic mass is 10.1. The summed E-state index contributed by atoms with van der Waals surface area (Å²) in [5.41, 5.74) is 1.19. The number of benzene rings is 1. The number of hydrogen-bond donors (Lipinski definition) is 1. The Morgan fingerprint density at radius 3 is 2.84 bits per heavy atom. The maximum Gasteiger partial charge on any atom is 0.124 e. The monoisotopic (exact) mass is 259 g/mol. The molecule has 1 heterocycles. The third kappa shape index (κ3) is 3.35. The Morgan fingerprint density at radius 1 is 1.37 bits per heavy atom. The van der Waals surface area contributed by atoms with Gasteiger partial charge in [-0.2, -0.15) is 0 Å². The number of rotatable bonds is 6. The fraction of sp³-hybridized carbons (Fsp3) is 0.400. The largest absolute Gasteiger partial charge is 0.491 e. The molecule has 0 saturated carbocycles. The van der Waals surface area contributed by atoms with Gasteiger partial charge in [-0.05, 0) is 27.0 Å². The minimum absolute atomic E-state index is 0.284. The summed E-state index contributed by atoms with van der Waals surface area (Å²) in [6, 6.07) is 8.44. The van der Waals surface area contributed by atoms with Gasteiger partial charge in [0.1, 0.15) is 18.2 Å². The van der Waals surface area contributed by atoms with E-state index in [9.17, 15) is 0 Å². The van der Waals surface area contributed by atoms with E-state index in [0.717, 1.165) is 18.1 Å². The van der Waals surface area contributed by atoms with Crippen LogP contribution >= 0.6 is 0 Å². The Labute approximate surface area is 114 Å². The van der Waals surface area contributed by atoms with Crippen LogP contribution in [-0.4, -0.2) is 23.2 Å². The summed E-state index contributed by atoms with van der Waals surface area (Å²) in [5, 5.41) is 3.24. The highest BCUT2D eigenvalue weighted by Crippen LogP contribution is 2.24. The molecule has 2 rings (SSSR count). The van der Waals surface area contributed by atoms with Gasteiger partial charge in [-0.1, -0.05) is 18.2 Å². The minimum atomic E-state index is 0.284. The number of imidazole rings is 1. The first-order chi connectivity index (χ1) is 9.22. The van der Waals surface area contributed by atoms with E-state index in [0.29, 0.717) is 6.61 Å². The van der Waals surface area contributed by atoms with Crippen LogP contribution in [0.2, 0.25) is 0 Å². The maximum absolute atomic E-state index is 5.90. The SMILES string of the molecule is CNC(C)c1ccccc1OCCn1ccnc1C. The second-order valence-electron chi connectivity index (χ2n) is 4.56. The van der Waals surface area contributed by atoms with Gasteiger partial charge in [0.15, 0.2) is 0 Å². The first-order valence-electron chi connectivity index (χ1n) is 6.59. The van der Waals surface area contributed by atoms with Crippen molar-refractivity contribution in [3.8, 4) is 5.75 Å². The average molecular weight is 259 g/mol. The number of ether oxygens (including phenoxy) is 1. The van der Waals surface area contributed by atoms with E-state index >= 15 is 0 Å². The normalized spacial score (nSPS) is 12.4. The Morgan fingerprint density at radius 2 is 2.16 bits per heavy atom. The van der Waals surface area contributed by atoms with E-state index in [1.165, 1.54) is 5.56 Å². The molecule has 0 aliphatic carbocycles. The molecule has 0 spiro atoms. The number of hydrogen-bond acceptors (Lipinski definition) is 3. The van der Waals surface area contributed by atoms with E-state index in [1.807, 2.05) is 44.6 Å². The highest BCUT2D eigenvalue weighted by atomic mass is 16.5. The molecule has 102 valence electrons. The molecule has 19 heavy (non-hydrogen) atoms. The van der Waals surface area contributed by atoms with Crippen LogP contribution in [0, 0.1) is 6.92 Å². The smallest absolute Gasteiger partial charge is 0.124 e. The van der Waals surface area contributed by atoms with Crippen molar-refractivity contribution in [3.63, 3.8) is 0 Å². The standard InChI is InChI=1S/C15H21N3O/c1-12(16-3)14-6-4-5-7-15(14)19-11-10-18-9-8-17-13(18)2/h4-9,12,16H,10-11H2,1-3H3. The zero-order valence-corrected chi connectivity index (χ0v) is 11.8.